The van der Waals surface area contributed by atoms with Gasteiger partial charge in [0.05, 0.1) is 25.5 Å². The monoisotopic (exact) mass is 449 g/mol. The van der Waals surface area contributed by atoms with Crippen LogP contribution in [-0.4, -0.2) is 50.4 Å². The first kappa shape index (κ1) is 25.9. The summed E-state index contributed by atoms with van der Waals surface area (Å²) >= 11 is 0. The molecule has 0 saturated carbocycles. The zero-order chi connectivity index (χ0) is 24.4. The van der Waals surface area contributed by atoms with Gasteiger partial charge >= 0.3 is 0 Å². The molecule has 33 heavy (non-hydrogen) atoms. The fraction of sp³-hybridized carbons (Fsp3) is 0.385. The summed E-state index contributed by atoms with van der Waals surface area (Å²) in [5.41, 5.74) is 8.16. The molecule has 176 valence electrons. The molecule has 0 spiro atoms. The van der Waals surface area contributed by atoms with Crippen LogP contribution >= 0.6 is 0 Å². The van der Waals surface area contributed by atoms with Crippen molar-refractivity contribution in [3.05, 3.63) is 57.6 Å². The largest absolute Gasteiger partial charge is 0.321 e. The predicted octanol–water partition coefficient (Wildman–Crippen LogP) is 3.85. The molecule has 0 radical (unpaired) electrons. The number of amides is 2. The lowest BCUT2D eigenvalue weighted by molar-refractivity contribution is -0.110. The number of nitrogens with zero attached hydrogens (tertiary/aromatic N) is 2. The average molecular weight is 450 g/mol. The molecule has 7 nitrogen and oxygen atoms in total. The number of aryl methyl sites for hydroxylation is 6. The second kappa shape index (κ2) is 12.6. The van der Waals surface area contributed by atoms with Crippen molar-refractivity contribution < 1.29 is 9.59 Å². The summed E-state index contributed by atoms with van der Waals surface area (Å²) in [4.78, 5) is 32.5. The van der Waals surface area contributed by atoms with Gasteiger partial charge in [0.1, 0.15) is 0 Å². The van der Waals surface area contributed by atoms with Gasteiger partial charge in [0, 0.05) is 24.5 Å². The Bertz CT molecular complexity index is 927. The normalized spacial score (nSPS) is 11.3. The van der Waals surface area contributed by atoms with Gasteiger partial charge in [-0.1, -0.05) is 35.4 Å². The average Bonchev–Trinajstić information content (AvgIpc) is 2.72. The Balaban J connectivity index is 1.64. The van der Waals surface area contributed by atoms with Gasteiger partial charge in [-0.05, 0) is 63.8 Å². The van der Waals surface area contributed by atoms with Crippen LogP contribution in [0.1, 0.15) is 33.4 Å². The van der Waals surface area contributed by atoms with Crippen LogP contribution in [0.3, 0.4) is 0 Å². The summed E-state index contributed by atoms with van der Waals surface area (Å²) in [5, 5.41) is 8.98. The van der Waals surface area contributed by atoms with Crippen LogP contribution in [0.2, 0.25) is 0 Å². The summed E-state index contributed by atoms with van der Waals surface area (Å²) in [7, 11) is 0. The number of rotatable bonds is 10. The van der Waals surface area contributed by atoms with Crippen molar-refractivity contribution in [2.45, 2.75) is 41.5 Å². The van der Waals surface area contributed by atoms with E-state index in [-0.39, 0.29) is 11.8 Å². The Morgan fingerprint density at radius 3 is 1.33 bits per heavy atom. The van der Waals surface area contributed by atoms with Crippen molar-refractivity contribution in [1.29, 1.82) is 0 Å². The standard InChI is InChI=1S/C26H35N5O2/c1-17-11-19(3)25(20(4)12-17)30-23(32)15-28-9-7-27-8-10-29-16-24(33)31-26-21(5)13-18(2)14-22(26)6/h11-16,27H,7-10H2,1-6H3,(H,30,32)(H,31,33). The molecule has 0 heterocycles. The Kier molecular flexibility index (Phi) is 9.94. The first-order valence-corrected chi connectivity index (χ1v) is 11.2. The number of carbonyl (C=O) groups excluding carboxylic acids is 2. The van der Waals surface area contributed by atoms with Gasteiger partial charge in [-0.15, -0.1) is 0 Å². The molecular formula is C26H35N5O2. The third kappa shape index (κ3) is 8.61. The topological polar surface area (TPSA) is 94.9 Å². The highest BCUT2D eigenvalue weighted by molar-refractivity contribution is 6.32. The molecule has 0 saturated heterocycles. The van der Waals surface area contributed by atoms with E-state index < -0.39 is 0 Å². The van der Waals surface area contributed by atoms with Gasteiger partial charge in [-0.3, -0.25) is 19.6 Å². The molecule has 2 aromatic carbocycles. The molecule has 0 fully saturated rings. The predicted molar refractivity (Wildman–Crippen MR) is 138 cm³/mol. The molecule has 0 aliphatic heterocycles. The summed E-state index contributed by atoms with van der Waals surface area (Å²) in [6.45, 7) is 14.2. The van der Waals surface area contributed by atoms with Crippen LogP contribution < -0.4 is 16.0 Å². The van der Waals surface area contributed by atoms with Crippen molar-refractivity contribution in [2.75, 3.05) is 36.8 Å². The summed E-state index contributed by atoms with van der Waals surface area (Å²) < 4.78 is 0. The Morgan fingerprint density at radius 1 is 0.667 bits per heavy atom. The maximum Gasteiger partial charge on any atom is 0.266 e. The minimum absolute atomic E-state index is 0.236. The second-order valence-electron chi connectivity index (χ2n) is 8.35. The minimum atomic E-state index is -0.236. The van der Waals surface area contributed by atoms with E-state index in [1.807, 2.05) is 65.8 Å². The van der Waals surface area contributed by atoms with E-state index in [2.05, 4.69) is 25.9 Å². The van der Waals surface area contributed by atoms with E-state index in [0.29, 0.717) is 26.2 Å². The van der Waals surface area contributed by atoms with Crippen molar-refractivity contribution in [3.8, 4) is 0 Å². The van der Waals surface area contributed by atoms with E-state index in [4.69, 9.17) is 0 Å². The number of aliphatic imine (C=N–C) groups is 2. The van der Waals surface area contributed by atoms with Crippen LogP contribution in [0.25, 0.3) is 0 Å². The van der Waals surface area contributed by atoms with Crippen molar-refractivity contribution in [1.82, 2.24) is 5.32 Å². The van der Waals surface area contributed by atoms with Gasteiger partial charge < -0.3 is 16.0 Å². The lowest BCUT2D eigenvalue weighted by Crippen LogP contribution is -2.22. The Hall–Kier alpha value is -3.32. The number of hydrogen-bond acceptors (Lipinski definition) is 5. The molecule has 0 bridgehead atoms. The molecule has 3 N–H and O–H groups in total. The summed E-state index contributed by atoms with van der Waals surface area (Å²) in [6.07, 6.45) is 2.63. The van der Waals surface area contributed by atoms with E-state index >= 15 is 0 Å². The lowest BCUT2D eigenvalue weighted by Gasteiger charge is -2.11. The number of benzene rings is 2. The van der Waals surface area contributed by atoms with E-state index in [9.17, 15) is 9.59 Å². The number of carbonyl (C=O) groups is 2. The van der Waals surface area contributed by atoms with Crippen LogP contribution in [-0.2, 0) is 9.59 Å². The minimum Gasteiger partial charge on any atom is -0.321 e. The maximum atomic E-state index is 12.1. The fourth-order valence-corrected chi connectivity index (χ4v) is 3.77. The number of anilines is 2. The molecular weight excluding hydrogens is 414 g/mol. The molecule has 0 unspecified atom stereocenters. The van der Waals surface area contributed by atoms with Crippen LogP contribution in [0.5, 0.6) is 0 Å². The Labute approximate surface area is 196 Å². The zero-order valence-electron chi connectivity index (χ0n) is 20.5. The number of nitrogens with one attached hydrogen (secondary N) is 3. The SMILES string of the molecule is Cc1cc(C)c(NC(=O)C=NCCNCCN=CC(=O)Nc2c(C)cc(C)cc2C)c(C)c1. The van der Waals surface area contributed by atoms with Crippen LogP contribution in [0.4, 0.5) is 11.4 Å². The van der Waals surface area contributed by atoms with Crippen molar-refractivity contribution in [3.63, 3.8) is 0 Å². The third-order valence-corrected chi connectivity index (χ3v) is 5.10. The van der Waals surface area contributed by atoms with Gasteiger partial charge in [0.2, 0.25) is 0 Å². The zero-order valence-corrected chi connectivity index (χ0v) is 20.5. The second-order valence-corrected chi connectivity index (χ2v) is 8.35. The third-order valence-electron chi connectivity index (χ3n) is 5.10. The molecule has 2 amide bonds. The summed E-state index contributed by atoms with van der Waals surface area (Å²) in [6, 6.07) is 8.17. The highest BCUT2D eigenvalue weighted by Gasteiger charge is 2.07. The van der Waals surface area contributed by atoms with Crippen LogP contribution in [0.15, 0.2) is 34.3 Å². The van der Waals surface area contributed by atoms with Gasteiger partial charge in [-0.25, -0.2) is 0 Å². The quantitative estimate of drug-likeness (QED) is 0.380. The molecule has 7 heteroatoms. The Morgan fingerprint density at radius 2 is 1.00 bits per heavy atom. The highest BCUT2D eigenvalue weighted by Crippen LogP contribution is 2.22. The molecule has 0 aliphatic rings. The smallest absolute Gasteiger partial charge is 0.266 e. The lowest BCUT2D eigenvalue weighted by atomic mass is 10.1. The maximum absolute atomic E-state index is 12.1. The molecule has 2 aromatic rings. The van der Waals surface area contributed by atoms with E-state index in [0.717, 1.165) is 33.6 Å². The van der Waals surface area contributed by atoms with Crippen molar-refractivity contribution >= 4 is 35.6 Å². The van der Waals surface area contributed by atoms with Crippen LogP contribution in [0, 0.1) is 41.5 Å². The van der Waals surface area contributed by atoms with E-state index in [1.165, 1.54) is 23.6 Å². The molecule has 0 atom stereocenters. The van der Waals surface area contributed by atoms with Crippen molar-refractivity contribution in [2.24, 2.45) is 9.98 Å². The van der Waals surface area contributed by atoms with E-state index in [1.54, 1.807) is 0 Å². The van der Waals surface area contributed by atoms with Gasteiger partial charge in [0.15, 0.2) is 0 Å². The van der Waals surface area contributed by atoms with Gasteiger partial charge in [0.25, 0.3) is 11.8 Å². The first-order chi connectivity index (χ1) is 15.7. The fourth-order valence-electron chi connectivity index (χ4n) is 3.77. The molecule has 0 aromatic heterocycles. The number of hydrogen-bond donors (Lipinski definition) is 3. The molecule has 2 rings (SSSR count). The molecule has 0 aliphatic carbocycles. The highest BCUT2D eigenvalue weighted by atomic mass is 16.2. The van der Waals surface area contributed by atoms with Gasteiger partial charge in [-0.2, -0.15) is 0 Å². The first-order valence-electron chi connectivity index (χ1n) is 11.2. The summed E-state index contributed by atoms with van der Waals surface area (Å²) in [5.74, 6) is -0.473.